The third kappa shape index (κ3) is 4.27. The molecule has 4 aromatic rings. The Morgan fingerprint density at radius 2 is 1.88 bits per heavy atom. The van der Waals surface area contributed by atoms with Crippen LogP contribution in [0.3, 0.4) is 0 Å². The number of aryl methyl sites for hydroxylation is 1. The number of para-hydroxylation sites is 1. The fraction of sp³-hybridized carbons (Fsp3) is 0.304. The van der Waals surface area contributed by atoms with Gasteiger partial charge in [-0.15, -0.1) is 10.2 Å². The van der Waals surface area contributed by atoms with Crippen LogP contribution in [0.25, 0.3) is 16.7 Å². The zero-order valence-corrected chi connectivity index (χ0v) is 18.3. The lowest BCUT2D eigenvalue weighted by Crippen LogP contribution is -2.23. The first-order chi connectivity index (χ1) is 15.5. The van der Waals surface area contributed by atoms with Crippen LogP contribution in [-0.4, -0.2) is 31.9 Å². The van der Waals surface area contributed by atoms with Crippen molar-refractivity contribution in [1.29, 1.82) is 0 Å². The number of hydrogen-bond acceptors (Lipinski definition) is 6. The molecular formula is C23H26N6O3. The summed E-state index contributed by atoms with van der Waals surface area (Å²) in [5.41, 5.74) is 2.12. The SMILES string of the molecule is CCn1c(=O)c2ccccc2n2c(CNc3cccc(NC(=O)OCC(C)C)c3)nnc12. The van der Waals surface area contributed by atoms with Crippen LogP contribution in [0.1, 0.15) is 26.6 Å². The zero-order valence-electron chi connectivity index (χ0n) is 18.3. The molecule has 9 heteroatoms. The maximum Gasteiger partial charge on any atom is 0.411 e. The number of anilines is 2. The van der Waals surface area contributed by atoms with E-state index in [2.05, 4.69) is 20.8 Å². The molecule has 0 saturated carbocycles. The van der Waals surface area contributed by atoms with Crippen molar-refractivity contribution in [1.82, 2.24) is 19.2 Å². The molecule has 32 heavy (non-hydrogen) atoms. The summed E-state index contributed by atoms with van der Waals surface area (Å²) in [5.74, 6) is 1.45. The number of rotatable bonds is 7. The monoisotopic (exact) mass is 434 g/mol. The van der Waals surface area contributed by atoms with Crippen LogP contribution in [-0.2, 0) is 17.8 Å². The van der Waals surface area contributed by atoms with E-state index in [0.717, 1.165) is 11.2 Å². The Morgan fingerprint density at radius 1 is 1.09 bits per heavy atom. The summed E-state index contributed by atoms with van der Waals surface area (Å²) in [6, 6.07) is 14.8. The second kappa shape index (κ2) is 9.09. The van der Waals surface area contributed by atoms with Crippen molar-refractivity contribution in [3.05, 3.63) is 64.7 Å². The summed E-state index contributed by atoms with van der Waals surface area (Å²) >= 11 is 0. The first-order valence-electron chi connectivity index (χ1n) is 10.6. The van der Waals surface area contributed by atoms with Crippen molar-refractivity contribution in [2.45, 2.75) is 33.9 Å². The summed E-state index contributed by atoms with van der Waals surface area (Å²) < 4.78 is 8.69. The number of carbonyl (C=O) groups is 1. The molecule has 2 heterocycles. The maximum absolute atomic E-state index is 12.8. The van der Waals surface area contributed by atoms with E-state index >= 15 is 0 Å². The fourth-order valence-corrected chi connectivity index (χ4v) is 3.50. The first-order valence-corrected chi connectivity index (χ1v) is 10.6. The van der Waals surface area contributed by atoms with E-state index in [9.17, 15) is 9.59 Å². The van der Waals surface area contributed by atoms with Gasteiger partial charge in [-0.3, -0.25) is 19.1 Å². The van der Waals surface area contributed by atoms with Crippen LogP contribution in [0.4, 0.5) is 16.2 Å². The predicted molar refractivity (Wildman–Crippen MR) is 124 cm³/mol. The molecule has 1 amide bonds. The van der Waals surface area contributed by atoms with Crippen molar-refractivity contribution >= 4 is 34.1 Å². The number of nitrogens with zero attached hydrogens (tertiary/aromatic N) is 4. The van der Waals surface area contributed by atoms with E-state index in [1.54, 1.807) is 10.6 Å². The highest BCUT2D eigenvalue weighted by Gasteiger charge is 2.15. The van der Waals surface area contributed by atoms with Gasteiger partial charge in [-0.25, -0.2) is 4.79 Å². The smallest absolute Gasteiger partial charge is 0.411 e. The van der Waals surface area contributed by atoms with Crippen molar-refractivity contribution in [2.75, 3.05) is 17.2 Å². The third-order valence-corrected chi connectivity index (χ3v) is 5.00. The Bertz CT molecular complexity index is 1320. The summed E-state index contributed by atoms with van der Waals surface area (Å²) in [6.07, 6.45) is -0.483. The van der Waals surface area contributed by atoms with Gasteiger partial charge in [0.1, 0.15) is 0 Å². The van der Waals surface area contributed by atoms with Crippen molar-refractivity contribution in [3.63, 3.8) is 0 Å². The summed E-state index contributed by atoms with van der Waals surface area (Å²) in [5, 5.41) is 15.3. The minimum absolute atomic E-state index is 0.0781. The van der Waals surface area contributed by atoms with Gasteiger partial charge in [-0.1, -0.05) is 32.0 Å². The molecule has 4 rings (SSSR count). The molecule has 2 aromatic carbocycles. The summed E-state index contributed by atoms with van der Waals surface area (Å²) in [7, 11) is 0. The average Bonchev–Trinajstić information content (AvgIpc) is 3.21. The number of hydrogen-bond donors (Lipinski definition) is 2. The maximum atomic E-state index is 12.8. The van der Waals surface area contributed by atoms with Crippen LogP contribution in [0, 0.1) is 5.92 Å². The van der Waals surface area contributed by atoms with Crippen LogP contribution in [0.2, 0.25) is 0 Å². The Balaban J connectivity index is 1.57. The minimum Gasteiger partial charge on any atom is -0.449 e. The Labute approximate surface area is 185 Å². The highest BCUT2D eigenvalue weighted by molar-refractivity contribution is 5.85. The standard InChI is InChI=1S/C23H26N6O3/c1-4-28-21(30)18-10-5-6-11-19(18)29-20(26-27-22(28)29)13-24-16-8-7-9-17(12-16)25-23(31)32-14-15(2)3/h5-12,15,24H,4,13-14H2,1-3H3,(H,25,31). The molecule has 0 atom stereocenters. The molecule has 2 aromatic heterocycles. The van der Waals surface area contributed by atoms with Crippen molar-refractivity contribution < 1.29 is 9.53 Å². The summed E-state index contributed by atoms with van der Waals surface area (Å²) in [4.78, 5) is 24.7. The molecule has 166 valence electrons. The number of aromatic nitrogens is 4. The number of nitrogens with one attached hydrogen (secondary N) is 2. The lowest BCUT2D eigenvalue weighted by molar-refractivity contribution is 0.147. The Morgan fingerprint density at radius 3 is 2.66 bits per heavy atom. The second-order valence-electron chi connectivity index (χ2n) is 7.87. The van der Waals surface area contributed by atoms with Gasteiger partial charge in [-0.05, 0) is 43.2 Å². The fourth-order valence-electron chi connectivity index (χ4n) is 3.50. The molecule has 9 nitrogen and oxygen atoms in total. The van der Waals surface area contributed by atoms with Crippen LogP contribution in [0.15, 0.2) is 53.3 Å². The van der Waals surface area contributed by atoms with E-state index < -0.39 is 6.09 Å². The van der Waals surface area contributed by atoms with Crippen molar-refractivity contribution in [3.8, 4) is 0 Å². The van der Waals surface area contributed by atoms with Crippen LogP contribution < -0.4 is 16.2 Å². The lowest BCUT2D eigenvalue weighted by Gasteiger charge is -2.12. The van der Waals surface area contributed by atoms with E-state index in [1.165, 1.54) is 0 Å². The zero-order chi connectivity index (χ0) is 22.7. The van der Waals surface area contributed by atoms with Gasteiger partial charge in [0.05, 0.1) is 24.1 Å². The minimum atomic E-state index is -0.483. The van der Waals surface area contributed by atoms with Gasteiger partial charge in [0.15, 0.2) is 5.82 Å². The number of ether oxygens (including phenoxy) is 1. The highest BCUT2D eigenvalue weighted by atomic mass is 16.5. The van der Waals surface area contributed by atoms with E-state index in [0.29, 0.717) is 42.4 Å². The molecule has 0 spiro atoms. The molecule has 0 aliphatic carbocycles. The second-order valence-corrected chi connectivity index (χ2v) is 7.87. The average molecular weight is 435 g/mol. The topological polar surface area (TPSA) is 103 Å². The number of amides is 1. The molecule has 0 saturated heterocycles. The molecule has 2 N–H and O–H groups in total. The largest absolute Gasteiger partial charge is 0.449 e. The predicted octanol–water partition coefficient (Wildman–Crippen LogP) is 3.88. The van der Waals surface area contributed by atoms with Gasteiger partial charge < -0.3 is 10.1 Å². The van der Waals surface area contributed by atoms with E-state index in [1.807, 2.05) is 67.6 Å². The molecule has 0 aliphatic rings. The van der Waals surface area contributed by atoms with Gasteiger partial charge in [0.2, 0.25) is 5.78 Å². The van der Waals surface area contributed by atoms with E-state index in [4.69, 9.17) is 4.74 Å². The number of carbonyl (C=O) groups excluding carboxylic acids is 1. The number of benzene rings is 2. The Hall–Kier alpha value is -3.88. The molecule has 0 fully saturated rings. The number of fused-ring (bicyclic) bond motifs is 3. The van der Waals surface area contributed by atoms with Crippen LogP contribution >= 0.6 is 0 Å². The molecule has 0 aliphatic heterocycles. The van der Waals surface area contributed by atoms with E-state index in [-0.39, 0.29) is 11.5 Å². The molecular weight excluding hydrogens is 408 g/mol. The molecule has 0 radical (unpaired) electrons. The normalized spacial score (nSPS) is 11.2. The highest BCUT2D eigenvalue weighted by Crippen LogP contribution is 2.18. The molecule has 0 unspecified atom stereocenters. The Kier molecular flexibility index (Phi) is 6.07. The van der Waals surface area contributed by atoms with Gasteiger partial charge in [0.25, 0.3) is 5.56 Å². The lowest BCUT2D eigenvalue weighted by atomic mass is 10.2. The van der Waals surface area contributed by atoms with Crippen molar-refractivity contribution in [2.24, 2.45) is 5.92 Å². The van der Waals surface area contributed by atoms with Gasteiger partial charge >= 0.3 is 6.09 Å². The van der Waals surface area contributed by atoms with Gasteiger partial charge in [0, 0.05) is 17.9 Å². The third-order valence-electron chi connectivity index (χ3n) is 5.00. The quantitative estimate of drug-likeness (QED) is 0.458. The summed E-state index contributed by atoms with van der Waals surface area (Å²) in [6.45, 7) is 7.12. The van der Waals surface area contributed by atoms with Gasteiger partial charge in [-0.2, -0.15) is 0 Å². The van der Waals surface area contributed by atoms with Crippen LogP contribution in [0.5, 0.6) is 0 Å². The first kappa shape index (κ1) is 21.4. The molecule has 0 bridgehead atoms.